The van der Waals surface area contributed by atoms with E-state index in [1.165, 1.54) is 30.3 Å². The number of halogens is 1. The van der Waals surface area contributed by atoms with E-state index in [4.69, 9.17) is 16.7 Å². The third kappa shape index (κ3) is 4.42. The first-order valence-corrected chi connectivity index (χ1v) is 8.15. The summed E-state index contributed by atoms with van der Waals surface area (Å²) in [6, 6.07) is 14.6. The normalized spacial score (nSPS) is 12.0. The highest BCUT2D eigenvalue weighted by atomic mass is 35.5. The molecule has 0 spiro atoms. The second-order valence-corrected chi connectivity index (χ2v) is 6.40. The number of primary sulfonamides is 1. The van der Waals surface area contributed by atoms with Crippen LogP contribution in [0, 0.1) is 0 Å². The predicted molar refractivity (Wildman–Crippen MR) is 86.7 cm³/mol. The number of nitrogens with one attached hydrogen (secondary N) is 1. The maximum absolute atomic E-state index is 11.9. The Hall–Kier alpha value is -2.15. The average molecular weight is 337 g/mol. The quantitative estimate of drug-likeness (QED) is 0.841. The minimum absolute atomic E-state index is 0.0155. The van der Waals surface area contributed by atoms with Crippen LogP contribution >= 0.6 is 11.6 Å². The molecule has 0 bridgehead atoms. The van der Waals surface area contributed by atoms with Crippen molar-refractivity contribution in [2.45, 2.75) is 4.90 Å². The van der Waals surface area contributed by atoms with Gasteiger partial charge in [0, 0.05) is 5.69 Å². The van der Waals surface area contributed by atoms with E-state index in [9.17, 15) is 13.2 Å². The number of anilines is 1. The van der Waals surface area contributed by atoms with Crippen LogP contribution in [0.5, 0.6) is 0 Å². The first-order chi connectivity index (χ1) is 10.4. The maximum atomic E-state index is 11.9. The van der Waals surface area contributed by atoms with Gasteiger partial charge in [0.1, 0.15) is 5.03 Å². The maximum Gasteiger partial charge on any atom is 0.267 e. The van der Waals surface area contributed by atoms with Gasteiger partial charge in [-0.3, -0.25) is 4.79 Å². The number of amides is 1. The SMILES string of the molecule is NS(=O)(=O)c1ccc(NC(=O)C(Cl)=Cc2ccccc2)cc1. The molecule has 0 aliphatic heterocycles. The summed E-state index contributed by atoms with van der Waals surface area (Å²) in [5.41, 5.74) is 1.21. The van der Waals surface area contributed by atoms with Crippen molar-refractivity contribution in [3.63, 3.8) is 0 Å². The Labute approximate surface area is 133 Å². The standard InChI is InChI=1S/C15H13ClN2O3S/c16-14(10-11-4-2-1-3-5-11)15(19)18-12-6-8-13(9-7-12)22(17,20)21/h1-10H,(H,18,19)(H2,17,20,21). The molecule has 22 heavy (non-hydrogen) atoms. The average Bonchev–Trinajstić information content (AvgIpc) is 2.48. The van der Waals surface area contributed by atoms with Crippen molar-refractivity contribution in [1.82, 2.24) is 0 Å². The molecule has 2 rings (SSSR count). The number of carbonyl (C=O) groups excluding carboxylic acids is 1. The Morgan fingerprint density at radius 3 is 2.18 bits per heavy atom. The highest BCUT2D eigenvalue weighted by molar-refractivity contribution is 7.89. The molecule has 7 heteroatoms. The molecule has 5 nitrogen and oxygen atoms in total. The van der Waals surface area contributed by atoms with Gasteiger partial charge in [0.2, 0.25) is 10.0 Å². The van der Waals surface area contributed by atoms with E-state index in [-0.39, 0.29) is 9.93 Å². The van der Waals surface area contributed by atoms with Crippen LogP contribution in [0.2, 0.25) is 0 Å². The minimum Gasteiger partial charge on any atom is -0.321 e. The van der Waals surface area contributed by atoms with Gasteiger partial charge in [-0.05, 0) is 35.9 Å². The first-order valence-electron chi connectivity index (χ1n) is 6.23. The van der Waals surface area contributed by atoms with Gasteiger partial charge in [-0.15, -0.1) is 0 Å². The van der Waals surface area contributed by atoms with Crippen LogP contribution in [0.1, 0.15) is 5.56 Å². The molecule has 0 unspecified atom stereocenters. The lowest BCUT2D eigenvalue weighted by Crippen LogP contribution is -2.13. The zero-order valence-electron chi connectivity index (χ0n) is 11.4. The van der Waals surface area contributed by atoms with Crippen molar-refractivity contribution in [3.8, 4) is 0 Å². The van der Waals surface area contributed by atoms with E-state index < -0.39 is 15.9 Å². The molecule has 0 fully saturated rings. The van der Waals surface area contributed by atoms with Crippen molar-refractivity contribution >= 4 is 39.3 Å². The molecule has 3 N–H and O–H groups in total. The summed E-state index contributed by atoms with van der Waals surface area (Å²) < 4.78 is 22.3. The van der Waals surface area contributed by atoms with Gasteiger partial charge in [-0.25, -0.2) is 13.6 Å². The fourth-order valence-corrected chi connectivity index (χ4v) is 2.37. The van der Waals surface area contributed by atoms with Gasteiger partial charge in [0.05, 0.1) is 4.90 Å². The van der Waals surface area contributed by atoms with Gasteiger partial charge in [0.25, 0.3) is 5.91 Å². The summed E-state index contributed by atoms with van der Waals surface area (Å²) in [7, 11) is -3.76. The highest BCUT2D eigenvalue weighted by Gasteiger charge is 2.10. The number of sulfonamides is 1. The van der Waals surface area contributed by atoms with Crippen molar-refractivity contribution in [2.24, 2.45) is 5.14 Å². The fraction of sp³-hybridized carbons (Fsp3) is 0. The van der Waals surface area contributed by atoms with Gasteiger partial charge in [-0.1, -0.05) is 41.9 Å². The molecule has 2 aromatic rings. The Morgan fingerprint density at radius 1 is 1.05 bits per heavy atom. The zero-order valence-corrected chi connectivity index (χ0v) is 12.9. The zero-order chi connectivity index (χ0) is 16.2. The molecule has 0 heterocycles. The Bertz CT molecular complexity index is 800. The smallest absolute Gasteiger partial charge is 0.267 e. The topological polar surface area (TPSA) is 89.3 Å². The number of benzene rings is 2. The van der Waals surface area contributed by atoms with Crippen LogP contribution in [0.25, 0.3) is 6.08 Å². The molecule has 0 atom stereocenters. The number of rotatable bonds is 4. The molecule has 0 aliphatic carbocycles. The van der Waals surface area contributed by atoms with Gasteiger partial charge < -0.3 is 5.32 Å². The molecule has 2 aromatic carbocycles. The Kier molecular flexibility index (Phi) is 4.97. The van der Waals surface area contributed by atoms with Crippen LogP contribution in [-0.2, 0) is 14.8 Å². The van der Waals surface area contributed by atoms with Crippen molar-refractivity contribution < 1.29 is 13.2 Å². The van der Waals surface area contributed by atoms with E-state index in [0.29, 0.717) is 5.69 Å². The molecule has 0 saturated carbocycles. The third-order valence-corrected chi connectivity index (χ3v) is 3.96. The van der Waals surface area contributed by atoms with E-state index in [1.807, 2.05) is 30.3 Å². The third-order valence-electron chi connectivity index (χ3n) is 2.75. The summed E-state index contributed by atoms with van der Waals surface area (Å²) >= 11 is 5.95. The molecule has 114 valence electrons. The van der Waals surface area contributed by atoms with E-state index >= 15 is 0 Å². The van der Waals surface area contributed by atoms with Gasteiger partial charge >= 0.3 is 0 Å². The number of nitrogens with two attached hydrogens (primary N) is 1. The largest absolute Gasteiger partial charge is 0.321 e. The van der Waals surface area contributed by atoms with Gasteiger partial charge in [0.15, 0.2) is 0 Å². The lowest BCUT2D eigenvalue weighted by Gasteiger charge is -2.05. The van der Waals surface area contributed by atoms with E-state index in [0.717, 1.165) is 5.56 Å². The second-order valence-electron chi connectivity index (χ2n) is 4.43. The van der Waals surface area contributed by atoms with Crippen LogP contribution in [0.4, 0.5) is 5.69 Å². The van der Waals surface area contributed by atoms with Crippen LogP contribution in [0.15, 0.2) is 64.5 Å². The van der Waals surface area contributed by atoms with Crippen molar-refractivity contribution in [2.75, 3.05) is 5.32 Å². The summed E-state index contributed by atoms with van der Waals surface area (Å²) in [5.74, 6) is -0.492. The van der Waals surface area contributed by atoms with Crippen LogP contribution in [-0.4, -0.2) is 14.3 Å². The number of carbonyl (C=O) groups is 1. The summed E-state index contributed by atoms with van der Waals surface area (Å²) in [4.78, 5) is 11.9. The molecule has 0 saturated heterocycles. The number of hydrogen-bond acceptors (Lipinski definition) is 3. The summed E-state index contributed by atoms with van der Waals surface area (Å²) in [6.45, 7) is 0. The minimum atomic E-state index is -3.76. The van der Waals surface area contributed by atoms with Gasteiger partial charge in [-0.2, -0.15) is 0 Å². The lowest BCUT2D eigenvalue weighted by molar-refractivity contribution is -0.112. The highest BCUT2D eigenvalue weighted by Crippen LogP contribution is 2.16. The van der Waals surface area contributed by atoms with E-state index in [2.05, 4.69) is 5.32 Å². The van der Waals surface area contributed by atoms with Crippen LogP contribution < -0.4 is 10.5 Å². The first kappa shape index (κ1) is 16.2. The molecule has 0 aromatic heterocycles. The monoisotopic (exact) mass is 336 g/mol. The summed E-state index contributed by atoms with van der Waals surface area (Å²) in [6.07, 6.45) is 1.54. The molecule has 1 amide bonds. The predicted octanol–water partition coefficient (Wildman–Crippen LogP) is 2.55. The lowest BCUT2D eigenvalue weighted by atomic mass is 10.2. The molecular weight excluding hydrogens is 324 g/mol. The molecular formula is C15H13ClN2O3S. The molecule has 0 aliphatic rings. The number of hydrogen-bond donors (Lipinski definition) is 2. The Balaban J connectivity index is 2.10. The van der Waals surface area contributed by atoms with Crippen molar-refractivity contribution in [3.05, 3.63) is 65.2 Å². The second kappa shape index (κ2) is 6.74. The molecule has 0 radical (unpaired) electrons. The van der Waals surface area contributed by atoms with Crippen molar-refractivity contribution in [1.29, 1.82) is 0 Å². The van der Waals surface area contributed by atoms with Crippen LogP contribution in [0.3, 0.4) is 0 Å². The van der Waals surface area contributed by atoms with E-state index in [1.54, 1.807) is 0 Å². The Morgan fingerprint density at radius 2 is 1.64 bits per heavy atom. The fourth-order valence-electron chi connectivity index (χ4n) is 1.68. The summed E-state index contributed by atoms with van der Waals surface area (Å²) in [5, 5.41) is 7.58.